The Bertz CT molecular complexity index is 324. The number of carbonyl (C=O) groups is 1. The van der Waals surface area contributed by atoms with E-state index in [2.05, 4.69) is 16.5 Å². The molecule has 0 aromatic rings. The van der Waals surface area contributed by atoms with Crippen LogP contribution in [0, 0.1) is 0 Å². The zero-order valence-corrected chi connectivity index (χ0v) is 12.1. The summed E-state index contributed by atoms with van der Waals surface area (Å²) in [4.78, 5) is 14.5. The zero-order valence-electron chi connectivity index (χ0n) is 11.3. The number of rotatable bonds is 5. The Morgan fingerprint density at radius 2 is 2.06 bits per heavy atom. The van der Waals surface area contributed by atoms with Crippen LogP contribution < -0.4 is 5.32 Å². The van der Waals surface area contributed by atoms with Crippen molar-refractivity contribution in [3.05, 3.63) is 0 Å². The number of hydrogen-bond acceptors (Lipinski definition) is 3. The first-order chi connectivity index (χ1) is 8.72. The molecule has 4 heteroatoms. The lowest BCUT2D eigenvalue weighted by atomic mass is 10.1. The predicted molar refractivity (Wildman–Crippen MR) is 75.9 cm³/mol. The molecule has 0 aromatic carbocycles. The first kappa shape index (κ1) is 12.8. The third-order valence-electron chi connectivity index (χ3n) is 4.74. The molecule has 0 radical (unpaired) electrons. The molecule has 1 amide bonds. The van der Waals surface area contributed by atoms with Crippen LogP contribution in [0.2, 0.25) is 0 Å². The largest absolute Gasteiger partial charge is 0.340 e. The Labute approximate surface area is 114 Å². The molecule has 1 unspecified atom stereocenters. The number of nitrogens with zero attached hydrogens (tertiary/aromatic N) is 1. The second-order valence-electron chi connectivity index (χ2n) is 6.14. The number of carbonyl (C=O) groups excluding carboxylic acids is 1. The van der Waals surface area contributed by atoms with Gasteiger partial charge in [0.15, 0.2) is 0 Å². The van der Waals surface area contributed by atoms with Gasteiger partial charge in [-0.05, 0) is 38.4 Å². The number of amides is 1. The third-order valence-corrected chi connectivity index (χ3v) is 6.14. The molecule has 0 aromatic heterocycles. The van der Waals surface area contributed by atoms with Crippen LogP contribution in [0.4, 0.5) is 0 Å². The molecule has 18 heavy (non-hydrogen) atoms. The minimum absolute atomic E-state index is 0.123. The van der Waals surface area contributed by atoms with E-state index in [1.807, 2.05) is 11.8 Å². The second kappa shape index (κ2) is 5.04. The van der Waals surface area contributed by atoms with Crippen molar-refractivity contribution in [2.75, 3.05) is 19.3 Å². The molecule has 1 aliphatic heterocycles. The summed E-state index contributed by atoms with van der Waals surface area (Å²) >= 11 is 1.98. The van der Waals surface area contributed by atoms with E-state index in [0.717, 1.165) is 19.5 Å². The highest BCUT2D eigenvalue weighted by Gasteiger charge is 2.41. The van der Waals surface area contributed by atoms with Crippen LogP contribution in [0.25, 0.3) is 0 Å². The summed E-state index contributed by atoms with van der Waals surface area (Å²) in [5, 5.41) is 3.49. The van der Waals surface area contributed by atoms with Crippen LogP contribution >= 0.6 is 11.8 Å². The van der Waals surface area contributed by atoms with E-state index >= 15 is 0 Å². The maximum absolute atomic E-state index is 12.4. The topological polar surface area (TPSA) is 32.3 Å². The van der Waals surface area contributed by atoms with Crippen LogP contribution in [0.15, 0.2) is 0 Å². The lowest BCUT2D eigenvalue weighted by molar-refractivity contribution is -0.129. The molecule has 3 rings (SSSR count). The van der Waals surface area contributed by atoms with Crippen LogP contribution in [-0.2, 0) is 4.79 Å². The van der Waals surface area contributed by atoms with Crippen molar-refractivity contribution in [2.24, 2.45) is 0 Å². The minimum atomic E-state index is 0.123. The maximum atomic E-state index is 12.4. The molecule has 1 heterocycles. The monoisotopic (exact) mass is 268 g/mol. The summed E-state index contributed by atoms with van der Waals surface area (Å²) in [5.74, 6) is 0.363. The molecular weight excluding hydrogens is 244 g/mol. The normalized spacial score (nSPS) is 31.3. The summed E-state index contributed by atoms with van der Waals surface area (Å²) < 4.78 is 0.365. The SMILES string of the molecule is CSC1(CN2CCC(NC3CC3)C2=O)CCCC1. The number of likely N-dealkylation sites (tertiary alicyclic amines) is 1. The molecule has 1 N–H and O–H groups in total. The van der Waals surface area contributed by atoms with Crippen LogP contribution in [0.3, 0.4) is 0 Å². The molecule has 2 saturated carbocycles. The minimum Gasteiger partial charge on any atom is -0.340 e. The Kier molecular flexibility index (Phi) is 3.59. The van der Waals surface area contributed by atoms with E-state index in [1.54, 1.807) is 0 Å². The summed E-state index contributed by atoms with van der Waals surface area (Å²) in [7, 11) is 0. The van der Waals surface area contributed by atoms with E-state index in [0.29, 0.717) is 16.7 Å². The van der Waals surface area contributed by atoms with Gasteiger partial charge in [-0.2, -0.15) is 11.8 Å². The number of nitrogens with one attached hydrogen (secondary N) is 1. The van der Waals surface area contributed by atoms with Gasteiger partial charge in [0.25, 0.3) is 0 Å². The van der Waals surface area contributed by atoms with Gasteiger partial charge in [0.05, 0.1) is 6.04 Å². The molecule has 3 fully saturated rings. The highest BCUT2D eigenvalue weighted by molar-refractivity contribution is 8.00. The van der Waals surface area contributed by atoms with Gasteiger partial charge in [-0.1, -0.05) is 12.8 Å². The smallest absolute Gasteiger partial charge is 0.239 e. The molecule has 102 valence electrons. The van der Waals surface area contributed by atoms with E-state index in [4.69, 9.17) is 0 Å². The quantitative estimate of drug-likeness (QED) is 0.828. The van der Waals surface area contributed by atoms with Crippen LogP contribution in [0.1, 0.15) is 44.9 Å². The van der Waals surface area contributed by atoms with Crippen LogP contribution in [-0.4, -0.2) is 47.0 Å². The molecule has 1 saturated heterocycles. The maximum Gasteiger partial charge on any atom is 0.239 e. The highest BCUT2D eigenvalue weighted by atomic mass is 32.2. The highest BCUT2D eigenvalue weighted by Crippen LogP contribution is 2.41. The molecule has 3 nitrogen and oxygen atoms in total. The van der Waals surface area contributed by atoms with Crippen molar-refractivity contribution in [1.29, 1.82) is 0 Å². The molecule has 0 bridgehead atoms. The van der Waals surface area contributed by atoms with Crippen molar-refractivity contribution in [3.63, 3.8) is 0 Å². The Hall–Kier alpha value is -0.220. The average molecular weight is 268 g/mol. The average Bonchev–Trinajstić information content (AvgIpc) is 2.98. The Morgan fingerprint density at radius 3 is 2.67 bits per heavy atom. The van der Waals surface area contributed by atoms with Gasteiger partial charge in [0.1, 0.15) is 0 Å². The van der Waals surface area contributed by atoms with E-state index in [9.17, 15) is 4.79 Å². The lowest BCUT2D eigenvalue weighted by Gasteiger charge is -2.32. The van der Waals surface area contributed by atoms with Gasteiger partial charge in [-0.15, -0.1) is 0 Å². The van der Waals surface area contributed by atoms with Crippen molar-refractivity contribution in [1.82, 2.24) is 10.2 Å². The summed E-state index contributed by atoms with van der Waals surface area (Å²) in [6.45, 7) is 1.95. The van der Waals surface area contributed by atoms with Gasteiger partial charge >= 0.3 is 0 Å². The molecule has 0 spiro atoms. The van der Waals surface area contributed by atoms with Crippen molar-refractivity contribution in [3.8, 4) is 0 Å². The fraction of sp³-hybridized carbons (Fsp3) is 0.929. The van der Waals surface area contributed by atoms with E-state index < -0.39 is 0 Å². The lowest BCUT2D eigenvalue weighted by Crippen LogP contribution is -2.44. The second-order valence-corrected chi connectivity index (χ2v) is 7.41. The Balaban J connectivity index is 1.57. The predicted octanol–water partition coefficient (Wildman–Crippen LogP) is 2.02. The summed E-state index contributed by atoms with van der Waals surface area (Å²) in [6.07, 6.45) is 11.0. The van der Waals surface area contributed by atoms with E-state index in [1.165, 1.54) is 38.5 Å². The van der Waals surface area contributed by atoms with Crippen molar-refractivity contribution >= 4 is 17.7 Å². The first-order valence-electron chi connectivity index (χ1n) is 7.32. The van der Waals surface area contributed by atoms with Gasteiger partial charge < -0.3 is 10.2 Å². The fourth-order valence-electron chi connectivity index (χ4n) is 3.38. The first-order valence-corrected chi connectivity index (χ1v) is 8.55. The fourth-order valence-corrected chi connectivity index (χ4v) is 4.36. The third kappa shape index (κ3) is 2.55. The van der Waals surface area contributed by atoms with E-state index in [-0.39, 0.29) is 6.04 Å². The summed E-state index contributed by atoms with van der Waals surface area (Å²) in [5.41, 5.74) is 0. The molecule has 3 aliphatic rings. The Morgan fingerprint density at radius 1 is 1.33 bits per heavy atom. The van der Waals surface area contributed by atoms with Crippen molar-refractivity contribution in [2.45, 2.75) is 61.8 Å². The molecule has 1 atom stereocenters. The van der Waals surface area contributed by atoms with Gasteiger partial charge in [-0.3, -0.25) is 4.79 Å². The number of thioether (sulfide) groups is 1. The van der Waals surface area contributed by atoms with Crippen molar-refractivity contribution < 1.29 is 4.79 Å². The van der Waals surface area contributed by atoms with Crippen LogP contribution in [0.5, 0.6) is 0 Å². The number of hydrogen-bond donors (Lipinski definition) is 1. The van der Waals surface area contributed by atoms with Gasteiger partial charge in [0.2, 0.25) is 5.91 Å². The van der Waals surface area contributed by atoms with Gasteiger partial charge in [0, 0.05) is 23.9 Å². The molecule has 2 aliphatic carbocycles. The summed E-state index contributed by atoms with van der Waals surface area (Å²) in [6, 6.07) is 0.762. The standard InChI is InChI=1S/C14H24N2OS/c1-18-14(7-2-3-8-14)10-16-9-6-12(13(16)17)15-11-4-5-11/h11-12,15H,2-10H2,1H3. The zero-order chi connectivity index (χ0) is 12.6. The van der Waals surface area contributed by atoms with Gasteiger partial charge in [-0.25, -0.2) is 0 Å². The molecular formula is C14H24N2OS.